The Morgan fingerprint density at radius 1 is 1.16 bits per heavy atom. The minimum Gasteiger partial charge on any atom is -0.281 e. The number of hydrogen-bond acceptors (Lipinski definition) is 3. The number of rotatable bonds is 1. The maximum absolute atomic E-state index is 13.5. The van der Waals surface area contributed by atoms with E-state index in [-0.39, 0.29) is 16.3 Å². The Hall–Kier alpha value is -2.32. The Kier molecular flexibility index (Phi) is 4.12. The van der Waals surface area contributed by atoms with E-state index >= 15 is 0 Å². The number of H-pyrrole nitrogens is 1. The van der Waals surface area contributed by atoms with Crippen molar-refractivity contribution in [2.24, 2.45) is 7.05 Å². The summed E-state index contributed by atoms with van der Waals surface area (Å²) in [6.45, 7) is 0. The summed E-state index contributed by atoms with van der Waals surface area (Å²) in [5.41, 5.74) is -3.60. The topological polar surface area (TPSA) is 67.8 Å². The number of nitrogens with zero attached hydrogens (tertiary/aromatic N) is 2. The monoisotopic (exact) mass is 389 g/mol. The van der Waals surface area contributed by atoms with Crippen LogP contribution in [-0.2, 0) is 13.2 Å². The van der Waals surface area contributed by atoms with Crippen LogP contribution >= 0.6 is 23.2 Å². The molecule has 3 rings (SSSR count). The Bertz CT molecular complexity index is 1120. The number of halogens is 5. The maximum atomic E-state index is 13.5. The number of pyridine rings is 1. The summed E-state index contributed by atoms with van der Waals surface area (Å²) < 4.78 is 41.2. The first kappa shape index (κ1) is 17.5. The molecule has 0 saturated carbocycles. The first-order valence-corrected chi connectivity index (χ1v) is 7.52. The average Bonchev–Trinajstić information content (AvgIpc) is 2.50. The number of aromatic nitrogens is 3. The van der Waals surface area contributed by atoms with E-state index in [2.05, 4.69) is 4.98 Å². The molecule has 130 valence electrons. The summed E-state index contributed by atoms with van der Waals surface area (Å²) in [6.07, 6.45) is -4.83. The van der Waals surface area contributed by atoms with Crippen molar-refractivity contribution in [2.75, 3.05) is 0 Å². The molecule has 5 nitrogen and oxygen atoms in total. The average molecular weight is 390 g/mol. The zero-order valence-electron chi connectivity index (χ0n) is 12.4. The largest absolute Gasteiger partial charge is 0.417 e. The summed E-state index contributed by atoms with van der Waals surface area (Å²) in [5.74, 6) is 0. The third-order valence-electron chi connectivity index (χ3n) is 3.58. The lowest BCUT2D eigenvalue weighted by Crippen LogP contribution is -2.30. The molecule has 0 aliphatic carbocycles. The van der Waals surface area contributed by atoms with E-state index in [1.807, 2.05) is 4.98 Å². The number of fused-ring (bicyclic) bond motifs is 1. The van der Waals surface area contributed by atoms with Crippen molar-refractivity contribution in [1.29, 1.82) is 0 Å². The summed E-state index contributed by atoms with van der Waals surface area (Å²) in [7, 11) is 1.21. The van der Waals surface area contributed by atoms with Gasteiger partial charge in [0.2, 0.25) is 0 Å². The fourth-order valence-electron chi connectivity index (χ4n) is 2.40. The van der Waals surface area contributed by atoms with Crippen molar-refractivity contribution in [3.8, 4) is 11.3 Å². The predicted octanol–water partition coefficient (Wildman–Crippen LogP) is 3.61. The lowest BCUT2D eigenvalue weighted by molar-refractivity contribution is -0.136. The molecule has 2 heterocycles. The fourth-order valence-corrected chi connectivity index (χ4v) is 2.90. The van der Waals surface area contributed by atoms with Crippen LogP contribution in [0.5, 0.6) is 0 Å². The highest BCUT2D eigenvalue weighted by Crippen LogP contribution is 2.37. The van der Waals surface area contributed by atoms with E-state index < -0.39 is 34.0 Å². The molecule has 0 fully saturated rings. The molecule has 10 heteroatoms. The summed E-state index contributed by atoms with van der Waals surface area (Å²) in [4.78, 5) is 29.5. The molecule has 1 N–H and O–H groups in total. The third kappa shape index (κ3) is 3.03. The highest BCUT2D eigenvalue weighted by molar-refractivity contribution is 6.36. The molecular weight excluding hydrogens is 382 g/mol. The molecule has 0 atom stereocenters. The molecule has 2 aromatic heterocycles. The molecule has 0 amide bonds. The molecule has 0 aliphatic rings. The van der Waals surface area contributed by atoms with Crippen LogP contribution in [0.25, 0.3) is 22.3 Å². The number of alkyl halides is 3. The van der Waals surface area contributed by atoms with E-state index in [1.165, 1.54) is 25.2 Å². The van der Waals surface area contributed by atoms with Crippen LogP contribution in [0.3, 0.4) is 0 Å². The van der Waals surface area contributed by atoms with E-state index in [4.69, 9.17) is 23.2 Å². The summed E-state index contributed by atoms with van der Waals surface area (Å²) >= 11 is 11.8. The second-order valence-corrected chi connectivity index (χ2v) is 6.04. The molecule has 0 aliphatic heterocycles. The molecule has 3 aromatic rings. The van der Waals surface area contributed by atoms with Gasteiger partial charge in [-0.1, -0.05) is 23.2 Å². The Morgan fingerprint density at radius 2 is 1.84 bits per heavy atom. The van der Waals surface area contributed by atoms with Crippen LogP contribution in [0.2, 0.25) is 10.0 Å². The van der Waals surface area contributed by atoms with E-state index in [0.717, 1.165) is 10.6 Å². The summed E-state index contributed by atoms with van der Waals surface area (Å²) in [6, 6.07) is 4.93. The smallest absolute Gasteiger partial charge is 0.281 e. The lowest BCUT2D eigenvalue weighted by Gasteiger charge is -2.14. The van der Waals surface area contributed by atoms with Gasteiger partial charge in [-0.2, -0.15) is 13.2 Å². The molecule has 0 spiro atoms. The van der Waals surface area contributed by atoms with Gasteiger partial charge in [0.15, 0.2) is 5.65 Å². The van der Waals surface area contributed by atoms with E-state index in [9.17, 15) is 22.8 Å². The van der Waals surface area contributed by atoms with E-state index in [1.54, 1.807) is 0 Å². The third-order valence-corrected chi connectivity index (χ3v) is 4.13. The van der Waals surface area contributed by atoms with Gasteiger partial charge in [-0.15, -0.1) is 0 Å². The van der Waals surface area contributed by atoms with Crippen LogP contribution in [0.15, 0.2) is 33.9 Å². The Morgan fingerprint density at radius 3 is 2.44 bits per heavy atom. The molecule has 25 heavy (non-hydrogen) atoms. The Labute approximate surface area is 147 Å². The Balaban J connectivity index is 2.50. The highest BCUT2D eigenvalue weighted by Gasteiger charge is 2.35. The maximum Gasteiger partial charge on any atom is 0.417 e. The van der Waals surface area contributed by atoms with Crippen molar-refractivity contribution in [3.05, 3.63) is 60.7 Å². The SMILES string of the molecule is Cn1c(=O)[nH]c(=O)c2c(C(F)(F)F)cc(-c3ccc(Cl)cc3Cl)nc21. The zero-order chi connectivity index (χ0) is 18.5. The van der Waals surface area contributed by atoms with Gasteiger partial charge >= 0.3 is 11.9 Å². The molecule has 1 aromatic carbocycles. The molecule has 0 saturated heterocycles. The molecule has 0 bridgehead atoms. The van der Waals surface area contributed by atoms with Crippen LogP contribution in [0.1, 0.15) is 5.56 Å². The van der Waals surface area contributed by atoms with Gasteiger partial charge in [0.1, 0.15) is 0 Å². The number of nitrogens with one attached hydrogen (secondary N) is 1. The van der Waals surface area contributed by atoms with Crippen LogP contribution < -0.4 is 11.2 Å². The van der Waals surface area contributed by atoms with Crippen molar-refractivity contribution >= 4 is 34.2 Å². The van der Waals surface area contributed by atoms with Gasteiger partial charge in [0, 0.05) is 17.6 Å². The number of aryl methyl sites for hydroxylation is 1. The van der Waals surface area contributed by atoms with Gasteiger partial charge in [0.25, 0.3) is 5.56 Å². The van der Waals surface area contributed by atoms with Gasteiger partial charge < -0.3 is 0 Å². The van der Waals surface area contributed by atoms with Crippen molar-refractivity contribution in [2.45, 2.75) is 6.18 Å². The van der Waals surface area contributed by atoms with Crippen molar-refractivity contribution in [1.82, 2.24) is 14.5 Å². The van der Waals surface area contributed by atoms with Gasteiger partial charge in [-0.3, -0.25) is 14.3 Å². The van der Waals surface area contributed by atoms with Crippen molar-refractivity contribution in [3.63, 3.8) is 0 Å². The van der Waals surface area contributed by atoms with Gasteiger partial charge in [0.05, 0.1) is 21.7 Å². The first-order valence-electron chi connectivity index (χ1n) is 6.76. The number of benzene rings is 1. The standard InChI is InChI=1S/C15H8Cl2F3N3O2/c1-23-12-11(13(24)22-14(23)25)8(15(18,19)20)5-10(21-12)7-3-2-6(16)4-9(7)17/h2-5H,1H3,(H,22,24,25). The van der Waals surface area contributed by atoms with Gasteiger partial charge in [-0.05, 0) is 24.3 Å². The van der Waals surface area contributed by atoms with E-state index in [0.29, 0.717) is 5.02 Å². The number of hydrogen-bond donors (Lipinski definition) is 1. The molecular formula is C15H8Cl2F3N3O2. The van der Waals surface area contributed by atoms with Crippen LogP contribution in [0, 0.1) is 0 Å². The van der Waals surface area contributed by atoms with Crippen LogP contribution in [-0.4, -0.2) is 14.5 Å². The van der Waals surface area contributed by atoms with Gasteiger partial charge in [-0.25, -0.2) is 9.78 Å². The van der Waals surface area contributed by atoms with Crippen LogP contribution in [0.4, 0.5) is 13.2 Å². The summed E-state index contributed by atoms with van der Waals surface area (Å²) in [5, 5.41) is -0.333. The second kappa shape index (κ2) is 5.89. The lowest BCUT2D eigenvalue weighted by atomic mass is 10.1. The highest BCUT2D eigenvalue weighted by atomic mass is 35.5. The minimum absolute atomic E-state index is 0.0855. The predicted molar refractivity (Wildman–Crippen MR) is 88.1 cm³/mol. The first-order chi connectivity index (χ1) is 11.6. The molecule has 0 unspecified atom stereocenters. The molecule has 0 radical (unpaired) electrons. The fraction of sp³-hybridized carbons (Fsp3) is 0.133. The quantitative estimate of drug-likeness (QED) is 0.690. The zero-order valence-corrected chi connectivity index (χ0v) is 13.9. The normalized spacial score (nSPS) is 11.9. The van der Waals surface area contributed by atoms with Crippen molar-refractivity contribution < 1.29 is 13.2 Å². The second-order valence-electron chi connectivity index (χ2n) is 5.19. The minimum atomic E-state index is -4.83. The number of aromatic amines is 1.